The van der Waals surface area contributed by atoms with Crippen LogP contribution >= 0.6 is 0 Å². The Balaban J connectivity index is 1.80. The number of carbonyl (C=O) groups excluding carboxylic acids is 3. The Morgan fingerprint density at radius 1 is 0.818 bits per heavy atom. The van der Waals surface area contributed by atoms with Gasteiger partial charge in [-0.1, -0.05) is 80.6 Å². The number of aliphatic hydroxyl groups excluding tert-OH is 1. The third kappa shape index (κ3) is 11.8. The molecule has 3 rings (SSSR count). The normalized spacial score (nSPS) is 14.2. The standard InChI is InChI=1S/C35H46N4O5/c1-24(2)31(33(42)37-23-27-17-12-18-36-22-27)39-32(41)28(19-25-13-8-6-9-14-25)21-30(40)29(20-26-15-10-7-11-16-26)38-34(43)44-35(3,4)5/h6-18,22,24,28-31,40H,19-21,23H2,1-5H3,(H,37,42)(H,38,43)(H,39,41)/t28-,29-,30-,31-/m0/s1. The second-order valence-electron chi connectivity index (χ2n) is 12.4. The number of aliphatic hydroxyl groups is 1. The van der Waals surface area contributed by atoms with Crippen LogP contribution in [0.2, 0.25) is 0 Å². The van der Waals surface area contributed by atoms with E-state index in [-0.39, 0.29) is 30.7 Å². The van der Waals surface area contributed by atoms with Crippen molar-refractivity contribution < 1.29 is 24.2 Å². The predicted molar refractivity (Wildman–Crippen MR) is 170 cm³/mol. The van der Waals surface area contributed by atoms with Gasteiger partial charge in [0.15, 0.2) is 0 Å². The lowest BCUT2D eigenvalue weighted by atomic mass is 9.88. The maximum absolute atomic E-state index is 13.8. The van der Waals surface area contributed by atoms with E-state index in [1.54, 1.807) is 39.2 Å². The van der Waals surface area contributed by atoms with Crippen LogP contribution in [0.1, 0.15) is 57.7 Å². The van der Waals surface area contributed by atoms with Gasteiger partial charge < -0.3 is 25.8 Å². The highest BCUT2D eigenvalue weighted by Crippen LogP contribution is 2.20. The van der Waals surface area contributed by atoms with Crippen molar-refractivity contribution in [3.8, 4) is 0 Å². The number of hydrogen-bond donors (Lipinski definition) is 4. The number of nitrogens with one attached hydrogen (secondary N) is 3. The van der Waals surface area contributed by atoms with Crippen LogP contribution in [0.15, 0.2) is 85.2 Å². The number of nitrogens with zero attached hydrogens (tertiary/aromatic N) is 1. The van der Waals surface area contributed by atoms with E-state index in [2.05, 4.69) is 20.9 Å². The molecule has 3 aromatic rings. The van der Waals surface area contributed by atoms with Crippen molar-refractivity contribution in [1.82, 2.24) is 20.9 Å². The van der Waals surface area contributed by atoms with Crippen molar-refractivity contribution in [3.63, 3.8) is 0 Å². The fraction of sp³-hybridized carbons (Fsp3) is 0.429. The molecule has 0 unspecified atom stereocenters. The van der Waals surface area contributed by atoms with Crippen molar-refractivity contribution in [1.29, 1.82) is 0 Å². The van der Waals surface area contributed by atoms with Gasteiger partial charge in [-0.25, -0.2) is 4.79 Å². The minimum Gasteiger partial charge on any atom is -0.444 e. The van der Waals surface area contributed by atoms with E-state index < -0.39 is 35.8 Å². The lowest BCUT2D eigenvalue weighted by Crippen LogP contribution is -2.52. The number of alkyl carbamates (subject to hydrolysis) is 1. The summed E-state index contributed by atoms with van der Waals surface area (Å²) in [6, 6.07) is 21.2. The van der Waals surface area contributed by atoms with Crippen LogP contribution in [0, 0.1) is 11.8 Å². The fourth-order valence-corrected chi connectivity index (χ4v) is 4.86. The van der Waals surface area contributed by atoms with Crippen molar-refractivity contribution >= 4 is 17.9 Å². The molecule has 0 radical (unpaired) electrons. The quantitative estimate of drug-likeness (QED) is 0.214. The van der Waals surface area contributed by atoms with Crippen LogP contribution in [0.3, 0.4) is 0 Å². The van der Waals surface area contributed by atoms with Gasteiger partial charge in [-0.3, -0.25) is 14.6 Å². The third-order valence-corrected chi connectivity index (χ3v) is 7.12. The Kier molecular flexibility index (Phi) is 12.9. The van der Waals surface area contributed by atoms with E-state index in [0.717, 1.165) is 16.7 Å². The van der Waals surface area contributed by atoms with E-state index in [1.807, 2.05) is 80.6 Å². The molecule has 0 aliphatic carbocycles. The minimum atomic E-state index is -1.08. The average molecular weight is 603 g/mol. The van der Waals surface area contributed by atoms with Gasteiger partial charge in [0.25, 0.3) is 0 Å². The van der Waals surface area contributed by atoms with Crippen LogP contribution < -0.4 is 16.0 Å². The molecule has 0 aliphatic rings. The van der Waals surface area contributed by atoms with Gasteiger partial charge in [0.05, 0.1) is 12.1 Å². The lowest BCUT2D eigenvalue weighted by molar-refractivity contribution is -0.132. The molecule has 0 bridgehead atoms. The van der Waals surface area contributed by atoms with Gasteiger partial charge >= 0.3 is 6.09 Å². The third-order valence-electron chi connectivity index (χ3n) is 7.12. The molecule has 236 valence electrons. The molecular formula is C35H46N4O5. The maximum Gasteiger partial charge on any atom is 0.407 e. The zero-order valence-corrected chi connectivity index (χ0v) is 26.3. The van der Waals surface area contributed by atoms with E-state index in [1.165, 1.54) is 0 Å². The van der Waals surface area contributed by atoms with E-state index in [9.17, 15) is 19.5 Å². The first kappa shape index (κ1) is 34.3. The molecule has 9 heteroatoms. The average Bonchev–Trinajstić information content (AvgIpc) is 2.98. The molecule has 3 amide bonds. The fourth-order valence-electron chi connectivity index (χ4n) is 4.86. The van der Waals surface area contributed by atoms with Crippen molar-refractivity contribution in [2.24, 2.45) is 11.8 Å². The summed E-state index contributed by atoms with van der Waals surface area (Å²) in [5, 5.41) is 20.2. The number of ether oxygens (including phenoxy) is 1. The van der Waals surface area contributed by atoms with Gasteiger partial charge in [-0.2, -0.15) is 0 Å². The smallest absolute Gasteiger partial charge is 0.407 e. The summed E-state index contributed by atoms with van der Waals surface area (Å²) in [5.74, 6) is -1.52. The monoisotopic (exact) mass is 602 g/mol. The Morgan fingerprint density at radius 3 is 1.95 bits per heavy atom. The van der Waals surface area contributed by atoms with E-state index in [0.29, 0.717) is 12.8 Å². The Morgan fingerprint density at radius 2 is 1.41 bits per heavy atom. The molecule has 4 N–H and O–H groups in total. The summed E-state index contributed by atoms with van der Waals surface area (Å²) in [7, 11) is 0. The van der Waals surface area contributed by atoms with Gasteiger partial charge in [0.2, 0.25) is 11.8 Å². The first-order chi connectivity index (χ1) is 20.9. The summed E-state index contributed by atoms with van der Waals surface area (Å²) in [6.45, 7) is 9.34. The van der Waals surface area contributed by atoms with Crippen LogP contribution in [0.4, 0.5) is 4.79 Å². The van der Waals surface area contributed by atoms with Gasteiger partial charge in [-0.05, 0) is 68.7 Å². The summed E-state index contributed by atoms with van der Waals surface area (Å²) in [4.78, 5) is 43.9. The molecular weight excluding hydrogens is 556 g/mol. The molecule has 1 aromatic heterocycles. The number of pyridine rings is 1. The van der Waals surface area contributed by atoms with Crippen molar-refractivity contribution in [3.05, 3.63) is 102 Å². The lowest BCUT2D eigenvalue weighted by Gasteiger charge is -2.30. The number of carbonyl (C=O) groups is 3. The van der Waals surface area contributed by atoms with Crippen LogP contribution in [0.25, 0.3) is 0 Å². The zero-order valence-electron chi connectivity index (χ0n) is 26.3. The second-order valence-corrected chi connectivity index (χ2v) is 12.4. The number of amides is 3. The molecule has 0 saturated heterocycles. The molecule has 4 atom stereocenters. The Labute approximate surface area is 260 Å². The molecule has 2 aromatic carbocycles. The molecule has 0 spiro atoms. The molecule has 1 heterocycles. The number of benzene rings is 2. The molecule has 0 aliphatic heterocycles. The second kappa shape index (κ2) is 16.6. The first-order valence-electron chi connectivity index (χ1n) is 15.1. The Hall–Kier alpha value is -4.24. The van der Waals surface area contributed by atoms with Crippen molar-refractivity contribution in [2.45, 2.75) is 84.2 Å². The van der Waals surface area contributed by atoms with Crippen molar-refractivity contribution in [2.75, 3.05) is 0 Å². The van der Waals surface area contributed by atoms with Crippen LogP contribution in [-0.4, -0.2) is 51.8 Å². The first-order valence-corrected chi connectivity index (χ1v) is 15.1. The summed E-state index contributed by atoms with van der Waals surface area (Å²) >= 11 is 0. The summed E-state index contributed by atoms with van der Waals surface area (Å²) in [5.41, 5.74) is 1.97. The highest BCUT2D eigenvalue weighted by atomic mass is 16.6. The topological polar surface area (TPSA) is 130 Å². The van der Waals surface area contributed by atoms with Gasteiger partial charge in [0.1, 0.15) is 11.6 Å². The number of aromatic nitrogens is 1. The predicted octanol–water partition coefficient (Wildman–Crippen LogP) is 4.58. The Bertz CT molecular complexity index is 1310. The largest absolute Gasteiger partial charge is 0.444 e. The number of rotatable bonds is 14. The summed E-state index contributed by atoms with van der Waals surface area (Å²) < 4.78 is 5.48. The molecule has 0 fully saturated rings. The molecule has 44 heavy (non-hydrogen) atoms. The SMILES string of the molecule is CC(C)[C@H](NC(=O)[C@@H](Cc1ccccc1)C[C@H](O)[C@H](Cc1ccccc1)NC(=O)OC(C)(C)C)C(=O)NCc1cccnc1. The highest BCUT2D eigenvalue weighted by Gasteiger charge is 2.32. The van der Waals surface area contributed by atoms with Crippen LogP contribution in [-0.2, 0) is 33.7 Å². The van der Waals surface area contributed by atoms with E-state index >= 15 is 0 Å². The maximum atomic E-state index is 13.8. The number of hydrogen-bond acceptors (Lipinski definition) is 6. The van der Waals surface area contributed by atoms with E-state index in [4.69, 9.17) is 4.74 Å². The summed E-state index contributed by atoms with van der Waals surface area (Å²) in [6.07, 6.45) is 2.35. The van der Waals surface area contributed by atoms with Gasteiger partial charge in [-0.15, -0.1) is 0 Å². The zero-order chi connectivity index (χ0) is 32.1. The molecule has 0 saturated carbocycles. The van der Waals surface area contributed by atoms with Crippen LogP contribution in [0.5, 0.6) is 0 Å². The highest BCUT2D eigenvalue weighted by molar-refractivity contribution is 5.88. The minimum absolute atomic E-state index is 0.0517. The van der Waals surface area contributed by atoms with Gasteiger partial charge in [0, 0.05) is 24.9 Å². The molecule has 9 nitrogen and oxygen atoms in total.